The minimum atomic E-state index is -1.22. The van der Waals surface area contributed by atoms with E-state index in [0.29, 0.717) is 53.6 Å². The van der Waals surface area contributed by atoms with Crippen molar-refractivity contribution < 1.29 is 42.9 Å². The Kier molecular flexibility index (Phi) is 9.38. The summed E-state index contributed by atoms with van der Waals surface area (Å²) < 4.78 is 28.2. The molecular weight excluding hydrogens is 594 g/mol. The molecule has 1 fully saturated rings. The molecule has 3 unspecified atom stereocenters. The molecule has 1 saturated heterocycles. The molecule has 2 aromatic rings. The second kappa shape index (κ2) is 13.3. The molecule has 4 atom stereocenters. The lowest BCUT2D eigenvalue weighted by atomic mass is 9.70. The van der Waals surface area contributed by atoms with Gasteiger partial charge in [0, 0.05) is 60.8 Å². The molecular formula is C34H39N3O9. The van der Waals surface area contributed by atoms with Gasteiger partial charge in [0.1, 0.15) is 23.7 Å². The summed E-state index contributed by atoms with van der Waals surface area (Å²) in [6.07, 6.45) is 6.76. The first-order valence-electron chi connectivity index (χ1n) is 15.2. The minimum absolute atomic E-state index is 0.119. The number of allylic oxidation sites excluding steroid dienone is 2. The number of hydrogen-bond acceptors (Lipinski definition) is 9. The summed E-state index contributed by atoms with van der Waals surface area (Å²) >= 11 is 0. The Morgan fingerprint density at radius 3 is 2.22 bits per heavy atom. The standard InChI is InChI=1S/C34H39N3O9/c1-20(29(38)35-15-8-16-42-5)19-43-31(40)36-21-11-13-25-27(17-21)44-28-18-22(37-32(41)46-33(2,3)4)12-14-26(28)34(25)24-10-7-6-9-23(24)30(39)45-34/h6-7,9-14,17-18,20,23-24H,8,15-16,19H2,1-5H3,(H,35,38)(H,36,40)(H,37,41)/t20?,23?,24?,34-/m0/s1. The van der Waals surface area contributed by atoms with Crippen molar-refractivity contribution in [1.29, 1.82) is 0 Å². The van der Waals surface area contributed by atoms with E-state index in [0.717, 1.165) is 0 Å². The Morgan fingerprint density at radius 2 is 1.59 bits per heavy atom. The molecule has 2 heterocycles. The molecule has 0 bridgehead atoms. The van der Waals surface area contributed by atoms with E-state index in [4.69, 9.17) is 23.7 Å². The van der Waals surface area contributed by atoms with Gasteiger partial charge in [-0.05, 0) is 51.5 Å². The maximum atomic E-state index is 13.2. The lowest BCUT2D eigenvalue weighted by Gasteiger charge is -2.39. The summed E-state index contributed by atoms with van der Waals surface area (Å²) in [5.41, 5.74) is 0.0893. The number of anilines is 2. The molecule has 0 radical (unpaired) electrons. The van der Waals surface area contributed by atoms with Gasteiger partial charge in [-0.25, -0.2) is 9.59 Å². The van der Waals surface area contributed by atoms with Crippen LogP contribution in [0.25, 0.3) is 0 Å². The second-order valence-electron chi connectivity index (χ2n) is 12.4. The maximum absolute atomic E-state index is 13.2. The van der Waals surface area contributed by atoms with Gasteiger partial charge in [0.2, 0.25) is 5.91 Å². The Bertz CT molecular complexity index is 1580. The van der Waals surface area contributed by atoms with Gasteiger partial charge >= 0.3 is 18.2 Å². The number of benzene rings is 2. The summed E-state index contributed by atoms with van der Waals surface area (Å²) in [7, 11) is 1.59. The number of nitrogens with one attached hydrogen (secondary N) is 3. The lowest BCUT2D eigenvalue weighted by molar-refractivity contribution is -0.148. The molecule has 2 aromatic carbocycles. The first-order valence-corrected chi connectivity index (χ1v) is 15.2. The Morgan fingerprint density at radius 1 is 0.957 bits per heavy atom. The highest BCUT2D eigenvalue weighted by atomic mass is 16.6. The highest BCUT2D eigenvalue weighted by Crippen LogP contribution is 2.59. The first kappa shape index (κ1) is 32.6. The van der Waals surface area contributed by atoms with Crippen molar-refractivity contribution in [1.82, 2.24) is 5.32 Å². The number of methoxy groups -OCH3 is 1. The van der Waals surface area contributed by atoms with E-state index in [1.54, 1.807) is 71.2 Å². The fourth-order valence-electron chi connectivity index (χ4n) is 5.68. The van der Waals surface area contributed by atoms with Gasteiger partial charge < -0.3 is 29.0 Å². The zero-order chi connectivity index (χ0) is 33.1. The van der Waals surface area contributed by atoms with Crippen molar-refractivity contribution in [2.24, 2.45) is 17.8 Å². The van der Waals surface area contributed by atoms with Crippen molar-refractivity contribution in [2.45, 2.75) is 45.3 Å². The molecule has 1 aliphatic carbocycles. The van der Waals surface area contributed by atoms with E-state index in [1.165, 1.54) is 0 Å². The molecule has 3 amide bonds. The van der Waals surface area contributed by atoms with Crippen LogP contribution in [-0.4, -0.2) is 56.5 Å². The van der Waals surface area contributed by atoms with E-state index in [1.807, 2.05) is 24.3 Å². The number of ether oxygens (including phenoxy) is 5. The number of amides is 3. The summed E-state index contributed by atoms with van der Waals surface area (Å²) in [5.74, 6) is -1.32. The Labute approximate surface area is 267 Å². The van der Waals surface area contributed by atoms with Crippen LogP contribution in [0, 0.1) is 17.8 Å². The fourth-order valence-corrected chi connectivity index (χ4v) is 5.68. The Balaban J connectivity index is 1.37. The number of carbonyl (C=O) groups is 4. The van der Waals surface area contributed by atoms with Crippen LogP contribution < -0.4 is 20.7 Å². The Hall–Kier alpha value is -4.84. The number of fused-ring (bicyclic) bond motifs is 6. The van der Waals surface area contributed by atoms with Crippen LogP contribution >= 0.6 is 0 Å². The van der Waals surface area contributed by atoms with E-state index in [9.17, 15) is 19.2 Å². The minimum Gasteiger partial charge on any atom is -0.456 e. The largest absolute Gasteiger partial charge is 0.456 e. The average molecular weight is 634 g/mol. The van der Waals surface area contributed by atoms with Gasteiger partial charge in [-0.2, -0.15) is 0 Å². The molecule has 12 nitrogen and oxygen atoms in total. The van der Waals surface area contributed by atoms with Crippen LogP contribution in [0.3, 0.4) is 0 Å². The predicted octanol–water partition coefficient (Wildman–Crippen LogP) is 5.64. The van der Waals surface area contributed by atoms with Gasteiger partial charge in [0.05, 0.1) is 11.8 Å². The van der Waals surface area contributed by atoms with Crippen LogP contribution in [0.2, 0.25) is 0 Å². The molecule has 12 heteroatoms. The molecule has 3 N–H and O–H groups in total. The van der Waals surface area contributed by atoms with Crippen molar-refractivity contribution in [3.8, 4) is 11.5 Å². The predicted molar refractivity (Wildman–Crippen MR) is 169 cm³/mol. The van der Waals surface area contributed by atoms with Crippen molar-refractivity contribution in [3.05, 3.63) is 71.8 Å². The molecule has 46 heavy (non-hydrogen) atoms. The SMILES string of the molecule is COCCCNC(=O)C(C)COC(=O)Nc1ccc2c(c1)Oc1cc(NC(=O)OC(C)(C)C)ccc1[C@@]21OC(=O)C2C=CC=CC21. The average Bonchev–Trinajstić information content (AvgIpc) is 3.29. The van der Waals surface area contributed by atoms with Crippen molar-refractivity contribution >= 4 is 35.4 Å². The van der Waals surface area contributed by atoms with E-state index < -0.39 is 35.2 Å². The maximum Gasteiger partial charge on any atom is 0.412 e. The third kappa shape index (κ3) is 6.86. The number of hydrogen-bond donors (Lipinski definition) is 3. The number of esters is 1. The lowest BCUT2D eigenvalue weighted by Crippen LogP contribution is -2.37. The first-order chi connectivity index (χ1) is 21.9. The zero-order valence-electron chi connectivity index (χ0n) is 26.5. The van der Waals surface area contributed by atoms with E-state index >= 15 is 0 Å². The summed E-state index contributed by atoms with van der Waals surface area (Å²) in [6, 6.07) is 10.2. The zero-order valence-corrected chi connectivity index (χ0v) is 26.5. The fraction of sp³-hybridized carbons (Fsp3) is 0.412. The van der Waals surface area contributed by atoms with E-state index in [-0.39, 0.29) is 24.4 Å². The van der Waals surface area contributed by atoms with Crippen LogP contribution in [0.1, 0.15) is 45.2 Å². The highest BCUT2D eigenvalue weighted by molar-refractivity contribution is 5.88. The van der Waals surface area contributed by atoms with Crippen LogP contribution in [-0.2, 0) is 34.1 Å². The summed E-state index contributed by atoms with van der Waals surface area (Å²) in [6.45, 7) is 7.85. The third-order valence-electron chi connectivity index (χ3n) is 7.75. The molecule has 0 saturated carbocycles. The molecule has 244 valence electrons. The third-order valence-corrected chi connectivity index (χ3v) is 7.75. The molecule has 5 rings (SSSR count). The number of carbonyl (C=O) groups excluding carboxylic acids is 4. The van der Waals surface area contributed by atoms with Crippen molar-refractivity contribution in [2.75, 3.05) is 37.5 Å². The van der Waals surface area contributed by atoms with Crippen LogP contribution in [0.5, 0.6) is 11.5 Å². The van der Waals surface area contributed by atoms with Gasteiger partial charge in [-0.3, -0.25) is 20.2 Å². The summed E-state index contributed by atoms with van der Waals surface area (Å²) in [5, 5.41) is 8.18. The second-order valence-corrected chi connectivity index (χ2v) is 12.4. The topological polar surface area (TPSA) is 151 Å². The van der Waals surface area contributed by atoms with E-state index in [2.05, 4.69) is 16.0 Å². The van der Waals surface area contributed by atoms with Crippen LogP contribution in [0.15, 0.2) is 60.7 Å². The van der Waals surface area contributed by atoms with Crippen LogP contribution in [0.4, 0.5) is 21.0 Å². The van der Waals surface area contributed by atoms with Crippen molar-refractivity contribution in [3.63, 3.8) is 0 Å². The van der Waals surface area contributed by atoms with Gasteiger partial charge in [0.15, 0.2) is 5.60 Å². The molecule has 2 aliphatic heterocycles. The normalized spacial score (nSPS) is 21.2. The van der Waals surface area contributed by atoms with Gasteiger partial charge in [-0.1, -0.05) is 31.2 Å². The molecule has 0 aromatic heterocycles. The summed E-state index contributed by atoms with van der Waals surface area (Å²) in [4.78, 5) is 50.6. The van der Waals surface area contributed by atoms with Gasteiger partial charge in [-0.15, -0.1) is 0 Å². The molecule has 3 aliphatic rings. The number of rotatable bonds is 9. The highest BCUT2D eigenvalue weighted by Gasteiger charge is 2.59. The molecule has 1 spiro atoms. The quantitative estimate of drug-likeness (QED) is 0.181. The smallest absolute Gasteiger partial charge is 0.412 e. The monoisotopic (exact) mass is 633 g/mol. The van der Waals surface area contributed by atoms with Gasteiger partial charge in [0.25, 0.3) is 0 Å².